The number of tetrazole rings is 1. The number of hydrogen-bond acceptors (Lipinski definition) is 7. The molecule has 0 amide bonds. The number of fused-ring (bicyclic) bond motifs is 3. The molecule has 0 aliphatic rings. The van der Waals surface area contributed by atoms with Crippen LogP contribution in [0.5, 0.6) is 0 Å². The molecule has 0 saturated heterocycles. The van der Waals surface area contributed by atoms with Gasteiger partial charge in [0, 0.05) is 23.0 Å². The van der Waals surface area contributed by atoms with E-state index in [0.717, 1.165) is 22.0 Å². The number of rotatable bonds is 5. The first-order valence-corrected chi connectivity index (χ1v) is 11.8. The molecule has 0 fully saturated rings. The van der Waals surface area contributed by atoms with Crippen LogP contribution in [0.25, 0.3) is 27.9 Å². The second-order valence-electron chi connectivity index (χ2n) is 8.73. The average molecular weight is 507 g/mol. The Balaban J connectivity index is 1.64. The van der Waals surface area contributed by atoms with Crippen LogP contribution in [0, 0.1) is 11.3 Å². The quantitative estimate of drug-likeness (QED) is 0.374. The fourth-order valence-corrected chi connectivity index (χ4v) is 4.87. The van der Waals surface area contributed by atoms with Gasteiger partial charge in [-0.3, -0.25) is 0 Å². The summed E-state index contributed by atoms with van der Waals surface area (Å²) in [4.78, 5) is 8.98. The molecule has 0 aliphatic carbocycles. The van der Waals surface area contributed by atoms with Crippen molar-refractivity contribution in [2.75, 3.05) is 0 Å². The maximum Gasteiger partial charge on any atom is 0.274 e. The van der Waals surface area contributed by atoms with Gasteiger partial charge in [-0.05, 0) is 51.4 Å². The van der Waals surface area contributed by atoms with E-state index in [2.05, 4.69) is 26.6 Å². The predicted molar refractivity (Wildman–Crippen MR) is 138 cm³/mol. The van der Waals surface area contributed by atoms with Crippen molar-refractivity contribution < 1.29 is 5.11 Å². The van der Waals surface area contributed by atoms with Crippen LogP contribution in [0.3, 0.4) is 0 Å². The third kappa shape index (κ3) is 3.71. The summed E-state index contributed by atoms with van der Waals surface area (Å²) in [7, 11) is 1.84. The van der Waals surface area contributed by atoms with Gasteiger partial charge >= 0.3 is 0 Å². The molecule has 0 spiro atoms. The predicted octanol–water partition coefficient (Wildman–Crippen LogP) is 4.08. The van der Waals surface area contributed by atoms with E-state index in [4.69, 9.17) is 21.8 Å². The van der Waals surface area contributed by atoms with Crippen LogP contribution >= 0.6 is 11.6 Å². The van der Waals surface area contributed by atoms with E-state index >= 15 is 0 Å². The summed E-state index contributed by atoms with van der Waals surface area (Å²) in [5, 5.41) is 34.8. The fraction of sp³-hybridized carbons (Fsp3) is 0.111. The largest absolute Gasteiger partial charge is 0.374 e. The summed E-state index contributed by atoms with van der Waals surface area (Å²) >= 11 is 6.30. The zero-order valence-electron chi connectivity index (χ0n) is 19.6. The van der Waals surface area contributed by atoms with Crippen molar-refractivity contribution in [2.24, 2.45) is 7.05 Å². The smallest absolute Gasteiger partial charge is 0.274 e. The standard InChI is InChI=1S/C27H19ClN8O/c1-35-16-30-15-24(35)27(37,19-7-5-17(6-8-19)11-12-29)20-9-10-23-22(14-20)25(18-3-2-4-21(28)13-18)31-26-32-33-34-36(23)26/h2-10,13-16,37H,11H2,1H3. The Morgan fingerprint density at radius 1 is 1.05 bits per heavy atom. The van der Waals surface area contributed by atoms with Crippen molar-refractivity contribution in [2.45, 2.75) is 12.0 Å². The van der Waals surface area contributed by atoms with Crippen molar-refractivity contribution in [1.29, 1.82) is 5.26 Å². The zero-order chi connectivity index (χ0) is 25.6. The molecule has 6 rings (SSSR count). The summed E-state index contributed by atoms with van der Waals surface area (Å²) < 4.78 is 3.35. The van der Waals surface area contributed by atoms with Crippen LogP contribution in [-0.2, 0) is 19.1 Å². The molecule has 180 valence electrons. The summed E-state index contributed by atoms with van der Waals surface area (Å²) in [6.07, 6.45) is 3.58. The highest BCUT2D eigenvalue weighted by molar-refractivity contribution is 6.30. The number of benzene rings is 3. The molecule has 1 atom stereocenters. The summed E-state index contributed by atoms with van der Waals surface area (Å²) in [6.45, 7) is 0. The monoisotopic (exact) mass is 506 g/mol. The Morgan fingerprint density at radius 2 is 1.86 bits per heavy atom. The second-order valence-corrected chi connectivity index (χ2v) is 9.16. The topological polar surface area (TPSA) is 118 Å². The average Bonchev–Trinajstić information content (AvgIpc) is 3.57. The maximum atomic E-state index is 12.4. The van der Waals surface area contributed by atoms with Gasteiger partial charge in [-0.25, -0.2) is 9.97 Å². The van der Waals surface area contributed by atoms with E-state index in [1.54, 1.807) is 27.7 Å². The molecule has 10 heteroatoms. The first-order chi connectivity index (χ1) is 18.0. The minimum atomic E-state index is -1.55. The van der Waals surface area contributed by atoms with Gasteiger partial charge in [-0.1, -0.05) is 59.2 Å². The molecule has 0 aliphatic heterocycles. The van der Waals surface area contributed by atoms with Crippen LogP contribution in [0.4, 0.5) is 0 Å². The lowest BCUT2D eigenvalue weighted by atomic mass is 9.82. The molecular formula is C27H19ClN8O. The summed E-state index contributed by atoms with van der Waals surface area (Å²) in [6, 6.07) is 22.6. The first kappa shape index (κ1) is 22.8. The number of aliphatic hydroxyl groups is 1. The van der Waals surface area contributed by atoms with Gasteiger partial charge < -0.3 is 9.67 Å². The van der Waals surface area contributed by atoms with Gasteiger partial charge in [0.2, 0.25) is 0 Å². The van der Waals surface area contributed by atoms with Gasteiger partial charge in [0.15, 0.2) is 5.60 Å². The molecule has 0 bridgehead atoms. The lowest BCUT2D eigenvalue weighted by molar-refractivity contribution is 0.117. The van der Waals surface area contributed by atoms with Crippen LogP contribution in [0.1, 0.15) is 22.4 Å². The molecule has 6 aromatic rings. The Morgan fingerprint density at radius 3 is 2.59 bits per heavy atom. The van der Waals surface area contributed by atoms with Crippen molar-refractivity contribution in [3.05, 3.63) is 107 Å². The molecular weight excluding hydrogens is 488 g/mol. The first-order valence-electron chi connectivity index (χ1n) is 11.4. The van der Waals surface area contributed by atoms with Crippen molar-refractivity contribution in [3.63, 3.8) is 0 Å². The normalized spacial score (nSPS) is 13.0. The number of imidazole rings is 1. The fourth-order valence-electron chi connectivity index (χ4n) is 4.68. The number of hydrogen-bond donors (Lipinski definition) is 1. The van der Waals surface area contributed by atoms with Crippen LogP contribution in [0.15, 0.2) is 79.3 Å². The SMILES string of the molecule is Cn1cncc1C(O)(c1ccc(CC#N)cc1)c1ccc2c(c1)c(-c1cccc(Cl)c1)nc1nnnn12. The van der Waals surface area contributed by atoms with E-state index in [1.807, 2.05) is 67.7 Å². The Labute approximate surface area is 216 Å². The van der Waals surface area contributed by atoms with Crippen LogP contribution in [0.2, 0.25) is 5.02 Å². The van der Waals surface area contributed by atoms with Gasteiger partial charge in [0.1, 0.15) is 0 Å². The molecule has 3 heterocycles. The third-order valence-corrected chi connectivity index (χ3v) is 6.74. The Kier molecular flexibility index (Phi) is 5.41. The van der Waals surface area contributed by atoms with Crippen molar-refractivity contribution in [3.8, 4) is 17.3 Å². The van der Waals surface area contributed by atoms with Crippen LogP contribution in [-0.4, -0.2) is 39.7 Å². The number of halogens is 1. The number of nitriles is 1. The maximum absolute atomic E-state index is 12.4. The number of nitrogens with zero attached hydrogens (tertiary/aromatic N) is 8. The molecule has 3 aromatic carbocycles. The molecule has 1 N–H and O–H groups in total. The van der Waals surface area contributed by atoms with E-state index in [9.17, 15) is 5.11 Å². The minimum absolute atomic E-state index is 0.289. The van der Waals surface area contributed by atoms with E-state index in [0.29, 0.717) is 33.3 Å². The Bertz CT molecular complexity index is 1820. The molecule has 0 radical (unpaired) electrons. The van der Waals surface area contributed by atoms with Gasteiger partial charge in [0.25, 0.3) is 5.78 Å². The van der Waals surface area contributed by atoms with Crippen LogP contribution < -0.4 is 0 Å². The lowest BCUT2D eigenvalue weighted by Gasteiger charge is -2.30. The molecule has 37 heavy (non-hydrogen) atoms. The van der Waals surface area contributed by atoms with Crippen molar-refractivity contribution in [1.82, 2.24) is 34.6 Å². The van der Waals surface area contributed by atoms with Gasteiger partial charge in [-0.2, -0.15) is 9.78 Å². The van der Waals surface area contributed by atoms with Gasteiger partial charge in [0.05, 0.1) is 41.9 Å². The number of aryl methyl sites for hydroxylation is 1. The Hall–Kier alpha value is -4.65. The van der Waals surface area contributed by atoms with E-state index < -0.39 is 5.60 Å². The number of aromatic nitrogens is 7. The molecule has 3 aromatic heterocycles. The third-order valence-electron chi connectivity index (χ3n) is 6.50. The molecule has 0 saturated carbocycles. The van der Waals surface area contributed by atoms with Gasteiger partial charge in [-0.15, -0.1) is 0 Å². The van der Waals surface area contributed by atoms with Crippen molar-refractivity contribution >= 4 is 28.3 Å². The molecule has 1 unspecified atom stereocenters. The lowest BCUT2D eigenvalue weighted by Crippen LogP contribution is -2.31. The van der Waals surface area contributed by atoms with E-state index in [-0.39, 0.29) is 6.42 Å². The molecule has 9 nitrogen and oxygen atoms in total. The van der Waals surface area contributed by atoms with E-state index in [1.165, 1.54) is 0 Å². The zero-order valence-corrected chi connectivity index (χ0v) is 20.4. The summed E-state index contributed by atoms with van der Waals surface area (Å²) in [5.74, 6) is 0.352. The minimum Gasteiger partial charge on any atom is -0.374 e. The highest BCUT2D eigenvalue weighted by Gasteiger charge is 2.37. The second kappa shape index (κ2) is 8.78. The highest BCUT2D eigenvalue weighted by Crippen LogP contribution is 2.39. The highest BCUT2D eigenvalue weighted by atomic mass is 35.5. The summed E-state index contributed by atoms with van der Waals surface area (Å²) in [5.41, 5.74) is 3.30.